The average Bonchev–Trinajstić information content (AvgIpc) is 2.55. The number of rotatable bonds is 1. The molecule has 0 unspecified atom stereocenters. The highest BCUT2D eigenvalue weighted by molar-refractivity contribution is 9.10. The summed E-state index contributed by atoms with van der Waals surface area (Å²) < 4.78 is 5.82. The van der Waals surface area contributed by atoms with Crippen molar-refractivity contribution < 1.29 is 9.53 Å². The first kappa shape index (κ1) is 13.7. The van der Waals surface area contributed by atoms with Gasteiger partial charge < -0.3 is 14.7 Å². The van der Waals surface area contributed by atoms with Crippen LogP contribution in [0.5, 0.6) is 0 Å². The Morgan fingerprint density at radius 1 is 1.26 bits per heavy atom. The number of amides is 1. The Bertz CT molecular complexity index is 682. The standard InChI is InChI=1S/C12H14BrN3O3/c1-12(2,3)19-11(18)16-7-5-9-8(4-6(7)13)14-10(17)15-9/h4-5H,1-3H3,(H,16,18)(H2,14,15,17). The Morgan fingerprint density at radius 3 is 2.42 bits per heavy atom. The number of anilines is 1. The van der Waals surface area contributed by atoms with E-state index in [1.807, 2.05) is 0 Å². The predicted octanol–water partition coefficient (Wildman–Crippen LogP) is 2.97. The molecule has 0 aliphatic heterocycles. The van der Waals surface area contributed by atoms with Crippen molar-refractivity contribution in [2.75, 3.05) is 5.32 Å². The van der Waals surface area contributed by atoms with E-state index in [0.29, 0.717) is 21.2 Å². The van der Waals surface area contributed by atoms with Crippen LogP contribution in [0, 0.1) is 0 Å². The molecule has 102 valence electrons. The molecule has 0 radical (unpaired) electrons. The lowest BCUT2D eigenvalue weighted by molar-refractivity contribution is 0.0636. The summed E-state index contributed by atoms with van der Waals surface area (Å²) in [7, 11) is 0. The van der Waals surface area contributed by atoms with Gasteiger partial charge >= 0.3 is 11.8 Å². The Balaban J connectivity index is 2.27. The van der Waals surface area contributed by atoms with Gasteiger partial charge in [-0.2, -0.15) is 0 Å². The van der Waals surface area contributed by atoms with Crippen molar-refractivity contribution >= 4 is 38.7 Å². The SMILES string of the molecule is CC(C)(C)OC(=O)Nc1cc2[nH]c(=O)[nH]c2cc1Br. The summed E-state index contributed by atoms with van der Waals surface area (Å²) in [6.45, 7) is 5.36. The van der Waals surface area contributed by atoms with Crippen molar-refractivity contribution in [2.45, 2.75) is 26.4 Å². The summed E-state index contributed by atoms with van der Waals surface area (Å²) in [6, 6.07) is 3.36. The van der Waals surface area contributed by atoms with Gasteiger partial charge in [-0.15, -0.1) is 0 Å². The number of H-pyrrole nitrogens is 2. The fraction of sp³-hybridized carbons (Fsp3) is 0.333. The summed E-state index contributed by atoms with van der Waals surface area (Å²) in [5.41, 5.74) is 0.933. The second-order valence-electron chi connectivity index (χ2n) is 5.08. The summed E-state index contributed by atoms with van der Waals surface area (Å²) in [4.78, 5) is 28.1. The van der Waals surface area contributed by atoms with Crippen molar-refractivity contribution in [3.8, 4) is 0 Å². The van der Waals surface area contributed by atoms with Crippen molar-refractivity contribution in [2.24, 2.45) is 0 Å². The van der Waals surface area contributed by atoms with Crippen LogP contribution in [0.25, 0.3) is 11.0 Å². The zero-order chi connectivity index (χ0) is 14.2. The molecule has 2 aromatic rings. The van der Waals surface area contributed by atoms with Gasteiger partial charge in [0.25, 0.3) is 0 Å². The lowest BCUT2D eigenvalue weighted by Crippen LogP contribution is -2.27. The molecule has 19 heavy (non-hydrogen) atoms. The molecule has 1 amide bonds. The number of imidazole rings is 1. The molecular formula is C12H14BrN3O3. The van der Waals surface area contributed by atoms with Crippen LogP contribution >= 0.6 is 15.9 Å². The van der Waals surface area contributed by atoms with Crippen LogP contribution in [0.4, 0.5) is 10.5 Å². The number of aromatic nitrogens is 2. The van der Waals surface area contributed by atoms with E-state index in [4.69, 9.17) is 4.74 Å². The smallest absolute Gasteiger partial charge is 0.412 e. The molecule has 0 atom stereocenters. The first-order chi connectivity index (χ1) is 8.74. The number of hydrogen-bond acceptors (Lipinski definition) is 3. The van der Waals surface area contributed by atoms with Gasteiger partial charge in [0, 0.05) is 4.47 Å². The summed E-state index contributed by atoms with van der Waals surface area (Å²) in [5.74, 6) is 0. The maximum atomic E-state index is 11.7. The molecule has 0 aliphatic rings. The molecule has 0 aliphatic carbocycles. The van der Waals surface area contributed by atoms with Crippen LogP contribution < -0.4 is 11.0 Å². The molecule has 1 aromatic carbocycles. The Morgan fingerprint density at radius 2 is 1.84 bits per heavy atom. The van der Waals surface area contributed by atoms with Gasteiger partial charge in [0.15, 0.2) is 0 Å². The molecule has 1 heterocycles. The molecular weight excluding hydrogens is 314 g/mol. The maximum Gasteiger partial charge on any atom is 0.412 e. The molecule has 1 aromatic heterocycles. The normalized spacial score (nSPS) is 11.6. The van der Waals surface area contributed by atoms with Gasteiger partial charge in [-0.25, -0.2) is 9.59 Å². The number of ether oxygens (including phenoxy) is 1. The second kappa shape index (κ2) is 4.73. The first-order valence-corrected chi connectivity index (χ1v) is 6.45. The molecule has 0 spiro atoms. The van der Waals surface area contributed by atoms with E-state index in [2.05, 4.69) is 31.2 Å². The van der Waals surface area contributed by atoms with E-state index in [1.54, 1.807) is 32.9 Å². The quantitative estimate of drug-likeness (QED) is 0.752. The lowest BCUT2D eigenvalue weighted by Gasteiger charge is -2.20. The number of fused-ring (bicyclic) bond motifs is 1. The topological polar surface area (TPSA) is 87.0 Å². The van der Waals surface area contributed by atoms with E-state index < -0.39 is 11.7 Å². The van der Waals surface area contributed by atoms with Crippen molar-refractivity contribution in [3.63, 3.8) is 0 Å². The van der Waals surface area contributed by atoms with Crippen LogP contribution in [0.2, 0.25) is 0 Å². The third-order valence-electron chi connectivity index (χ3n) is 2.24. The zero-order valence-corrected chi connectivity index (χ0v) is 12.3. The molecule has 0 bridgehead atoms. The van der Waals surface area contributed by atoms with E-state index in [0.717, 1.165) is 0 Å². The van der Waals surface area contributed by atoms with Crippen molar-refractivity contribution in [1.29, 1.82) is 0 Å². The summed E-state index contributed by atoms with van der Waals surface area (Å²) in [6.07, 6.45) is -0.551. The third kappa shape index (κ3) is 3.37. The van der Waals surface area contributed by atoms with E-state index in [9.17, 15) is 9.59 Å². The van der Waals surface area contributed by atoms with Gasteiger partial charge in [-0.05, 0) is 48.8 Å². The van der Waals surface area contributed by atoms with Crippen LogP contribution in [0.3, 0.4) is 0 Å². The van der Waals surface area contributed by atoms with Crippen molar-refractivity contribution in [1.82, 2.24) is 9.97 Å². The second-order valence-corrected chi connectivity index (χ2v) is 5.94. The monoisotopic (exact) mass is 327 g/mol. The Kier molecular flexibility index (Phi) is 3.40. The molecule has 3 N–H and O–H groups in total. The van der Waals surface area contributed by atoms with Gasteiger partial charge in [0.2, 0.25) is 0 Å². The van der Waals surface area contributed by atoms with Gasteiger partial charge in [-0.1, -0.05) is 0 Å². The average molecular weight is 328 g/mol. The van der Waals surface area contributed by atoms with Crippen LogP contribution in [-0.2, 0) is 4.74 Å². The highest BCUT2D eigenvalue weighted by Gasteiger charge is 2.17. The van der Waals surface area contributed by atoms with Crippen LogP contribution in [0.15, 0.2) is 21.4 Å². The number of carbonyl (C=O) groups excluding carboxylic acids is 1. The predicted molar refractivity (Wildman–Crippen MR) is 76.5 cm³/mol. The number of carbonyl (C=O) groups is 1. The fourth-order valence-corrected chi connectivity index (χ4v) is 2.01. The maximum absolute atomic E-state index is 11.7. The Labute approximate surface area is 117 Å². The number of nitrogens with one attached hydrogen (secondary N) is 3. The summed E-state index contributed by atoms with van der Waals surface area (Å²) >= 11 is 3.33. The van der Waals surface area contributed by atoms with E-state index in [-0.39, 0.29) is 5.69 Å². The van der Waals surface area contributed by atoms with E-state index in [1.165, 1.54) is 0 Å². The first-order valence-electron chi connectivity index (χ1n) is 5.66. The minimum atomic E-state index is -0.566. The summed E-state index contributed by atoms with van der Waals surface area (Å²) in [5, 5.41) is 2.62. The highest BCUT2D eigenvalue weighted by Crippen LogP contribution is 2.26. The minimum Gasteiger partial charge on any atom is -0.444 e. The van der Waals surface area contributed by atoms with Crippen LogP contribution in [-0.4, -0.2) is 21.7 Å². The van der Waals surface area contributed by atoms with Gasteiger partial charge in [0.05, 0.1) is 16.7 Å². The molecule has 7 heteroatoms. The number of aromatic amines is 2. The number of hydrogen-bond donors (Lipinski definition) is 3. The van der Waals surface area contributed by atoms with E-state index >= 15 is 0 Å². The Hall–Kier alpha value is -1.76. The molecule has 0 saturated carbocycles. The van der Waals surface area contributed by atoms with Gasteiger partial charge in [-0.3, -0.25) is 5.32 Å². The molecule has 0 saturated heterocycles. The fourth-order valence-electron chi connectivity index (χ4n) is 1.57. The lowest BCUT2D eigenvalue weighted by atomic mass is 10.2. The number of halogens is 1. The zero-order valence-electron chi connectivity index (χ0n) is 10.8. The third-order valence-corrected chi connectivity index (χ3v) is 2.90. The number of benzene rings is 1. The highest BCUT2D eigenvalue weighted by atomic mass is 79.9. The minimum absolute atomic E-state index is 0.295. The molecule has 0 fully saturated rings. The molecule has 6 nitrogen and oxygen atoms in total. The van der Waals surface area contributed by atoms with Crippen LogP contribution in [0.1, 0.15) is 20.8 Å². The van der Waals surface area contributed by atoms with Gasteiger partial charge in [0.1, 0.15) is 5.60 Å². The molecule has 2 rings (SSSR count). The van der Waals surface area contributed by atoms with Crippen molar-refractivity contribution in [3.05, 3.63) is 27.1 Å². The largest absolute Gasteiger partial charge is 0.444 e.